The van der Waals surface area contributed by atoms with Gasteiger partial charge in [0.1, 0.15) is 11.5 Å². The Labute approximate surface area is 138 Å². The van der Waals surface area contributed by atoms with E-state index in [1.54, 1.807) is 0 Å². The summed E-state index contributed by atoms with van der Waals surface area (Å²) in [5.74, 6) is -1.31. The molecule has 2 aromatic rings. The molecule has 1 atom stereocenters. The van der Waals surface area contributed by atoms with Gasteiger partial charge in [-0.05, 0) is 24.6 Å². The van der Waals surface area contributed by atoms with Gasteiger partial charge in [0, 0.05) is 12.0 Å². The lowest BCUT2D eigenvalue weighted by Crippen LogP contribution is -2.18. The number of aryl methyl sites for hydroxylation is 1. The second kappa shape index (κ2) is 7.08. The van der Waals surface area contributed by atoms with Crippen molar-refractivity contribution in [3.05, 3.63) is 51.6 Å². The molecule has 128 valence electrons. The average molecular weight is 334 g/mol. The molecule has 2 rings (SSSR count). The van der Waals surface area contributed by atoms with Gasteiger partial charge in [-0.1, -0.05) is 6.07 Å². The van der Waals surface area contributed by atoms with Gasteiger partial charge in [-0.2, -0.15) is 0 Å². The zero-order chi connectivity index (χ0) is 17.9. The Morgan fingerprint density at radius 2 is 1.92 bits per heavy atom. The normalized spacial score (nSPS) is 11.8. The summed E-state index contributed by atoms with van der Waals surface area (Å²) in [6, 6.07) is 5.70. The van der Waals surface area contributed by atoms with Crippen LogP contribution in [0.15, 0.2) is 33.5 Å². The highest BCUT2D eigenvalue weighted by Crippen LogP contribution is 2.36. The summed E-state index contributed by atoms with van der Waals surface area (Å²) in [6.45, 7) is 1.53. The maximum Gasteiger partial charge on any atom is 0.343 e. The summed E-state index contributed by atoms with van der Waals surface area (Å²) in [5, 5.41) is 19.9. The smallest absolute Gasteiger partial charge is 0.343 e. The van der Waals surface area contributed by atoms with Crippen molar-refractivity contribution in [1.82, 2.24) is 0 Å². The molecule has 0 fully saturated rings. The summed E-state index contributed by atoms with van der Waals surface area (Å²) in [6.07, 6.45) is -0.189. The van der Waals surface area contributed by atoms with Crippen LogP contribution < -0.4 is 10.4 Å². The molecule has 0 aliphatic heterocycles. The average Bonchev–Trinajstić information content (AvgIpc) is 2.53. The topological polar surface area (TPSA) is 106 Å². The number of hydrogen-bond donors (Lipinski definition) is 2. The first-order chi connectivity index (χ1) is 11.4. The molecule has 0 bridgehead atoms. The van der Waals surface area contributed by atoms with Crippen molar-refractivity contribution >= 4 is 5.97 Å². The van der Waals surface area contributed by atoms with Gasteiger partial charge >= 0.3 is 11.6 Å². The molecule has 1 unspecified atom stereocenters. The minimum absolute atomic E-state index is 0.0567. The number of esters is 1. The highest BCUT2D eigenvalue weighted by atomic mass is 16.5. The van der Waals surface area contributed by atoms with Crippen molar-refractivity contribution in [2.24, 2.45) is 0 Å². The summed E-state index contributed by atoms with van der Waals surface area (Å²) < 4.78 is 14.8. The Bertz CT molecular complexity index is 807. The largest absolute Gasteiger partial charge is 0.507 e. The van der Waals surface area contributed by atoms with Crippen LogP contribution in [0.5, 0.6) is 17.2 Å². The molecule has 0 aliphatic carbocycles. The first-order valence-electron chi connectivity index (χ1n) is 7.14. The Morgan fingerprint density at radius 1 is 1.21 bits per heavy atom. The monoisotopic (exact) mass is 334 g/mol. The number of methoxy groups -OCH3 is 2. The van der Waals surface area contributed by atoms with E-state index in [-0.39, 0.29) is 35.0 Å². The van der Waals surface area contributed by atoms with Crippen LogP contribution in [0.1, 0.15) is 29.2 Å². The third-order valence-electron chi connectivity index (χ3n) is 3.64. The number of benzene rings is 1. The van der Waals surface area contributed by atoms with Crippen LogP contribution in [0.3, 0.4) is 0 Å². The van der Waals surface area contributed by atoms with E-state index in [0.29, 0.717) is 5.56 Å². The van der Waals surface area contributed by atoms with E-state index in [9.17, 15) is 19.8 Å². The summed E-state index contributed by atoms with van der Waals surface area (Å²) in [4.78, 5) is 24.0. The molecular formula is C17H18O7. The molecule has 1 aromatic carbocycles. The lowest BCUT2D eigenvalue weighted by Gasteiger charge is -2.18. The summed E-state index contributed by atoms with van der Waals surface area (Å²) in [7, 11) is 2.61. The predicted octanol–water partition coefficient (Wildman–Crippen LogP) is 2.06. The molecule has 0 saturated heterocycles. The summed E-state index contributed by atoms with van der Waals surface area (Å²) in [5.41, 5.74) is -0.311. The number of aromatic hydroxyl groups is 2. The van der Waals surface area contributed by atoms with Crippen LogP contribution >= 0.6 is 0 Å². The molecule has 0 aliphatic rings. The van der Waals surface area contributed by atoms with Crippen molar-refractivity contribution in [1.29, 1.82) is 0 Å². The van der Waals surface area contributed by atoms with E-state index in [1.165, 1.54) is 45.4 Å². The molecule has 0 amide bonds. The highest BCUT2D eigenvalue weighted by molar-refractivity contribution is 5.71. The number of phenols is 1. The van der Waals surface area contributed by atoms with E-state index in [2.05, 4.69) is 4.74 Å². The lowest BCUT2D eigenvalue weighted by atomic mass is 9.88. The van der Waals surface area contributed by atoms with Gasteiger partial charge in [-0.25, -0.2) is 4.79 Å². The maximum atomic E-state index is 12.2. The zero-order valence-corrected chi connectivity index (χ0v) is 13.5. The van der Waals surface area contributed by atoms with E-state index < -0.39 is 17.5 Å². The van der Waals surface area contributed by atoms with Crippen LogP contribution in [0.4, 0.5) is 0 Å². The number of ether oxygens (including phenoxy) is 2. The van der Waals surface area contributed by atoms with E-state index in [4.69, 9.17) is 9.15 Å². The molecule has 24 heavy (non-hydrogen) atoms. The number of carbonyl (C=O) groups excluding carboxylic acids is 1. The minimum atomic E-state index is -0.816. The third-order valence-corrected chi connectivity index (χ3v) is 3.64. The predicted molar refractivity (Wildman–Crippen MR) is 84.5 cm³/mol. The number of rotatable bonds is 5. The van der Waals surface area contributed by atoms with Crippen LogP contribution in [0.25, 0.3) is 0 Å². The molecular weight excluding hydrogens is 316 g/mol. The van der Waals surface area contributed by atoms with Crippen LogP contribution in [-0.2, 0) is 9.53 Å². The van der Waals surface area contributed by atoms with Crippen molar-refractivity contribution in [3.63, 3.8) is 0 Å². The SMILES string of the molecule is COC(=O)CC(c1ccc(O)c(OC)c1)c1c(O)cc(C)oc1=O. The Morgan fingerprint density at radius 3 is 2.50 bits per heavy atom. The quantitative estimate of drug-likeness (QED) is 0.806. The Kier molecular flexibility index (Phi) is 5.13. The third kappa shape index (κ3) is 3.51. The molecule has 0 spiro atoms. The number of hydrogen-bond acceptors (Lipinski definition) is 7. The lowest BCUT2D eigenvalue weighted by molar-refractivity contribution is -0.140. The second-order valence-corrected chi connectivity index (χ2v) is 5.21. The van der Waals surface area contributed by atoms with Gasteiger partial charge in [0.2, 0.25) is 0 Å². The molecule has 7 nitrogen and oxygen atoms in total. The Balaban J connectivity index is 2.62. The maximum absolute atomic E-state index is 12.2. The second-order valence-electron chi connectivity index (χ2n) is 5.21. The van der Waals surface area contributed by atoms with E-state index >= 15 is 0 Å². The van der Waals surface area contributed by atoms with Gasteiger partial charge in [-0.3, -0.25) is 4.79 Å². The first-order valence-corrected chi connectivity index (χ1v) is 7.14. The Hall–Kier alpha value is -2.96. The van der Waals surface area contributed by atoms with Gasteiger partial charge in [-0.15, -0.1) is 0 Å². The minimum Gasteiger partial charge on any atom is -0.507 e. The first kappa shape index (κ1) is 17.4. The van der Waals surface area contributed by atoms with Crippen molar-refractivity contribution in [2.75, 3.05) is 14.2 Å². The number of phenolic OH excluding ortho intramolecular Hbond substituents is 1. The fraction of sp³-hybridized carbons (Fsp3) is 0.294. The fourth-order valence-corrected chi connectivity index (χ4v) is 2.47. The molecule has 1 aromatic heterocycles. The molecule has 0 saturated carbocycles. The molecule has 1 heterocycles. The van der Waals surface area contributed by atoms with Gasteiger partial charge in [0.25, 0.3) is 0 Å². The molecule has 7 heteroatoms. The van der Waals surface area contributed by atoms with E-state index in [1.807, 2.05) is 0 Å². The zero-order valence-electron chi connectivity index (χ0n) is 13.5. The van der Waals surface area contributed by atoms with Crippen molar-refractivity contribution in [3.8, 4) is 17.2 Å². The fourth-order valence-electron chi connectivity index (χ4n) is 2.47. The summed E-state index contributed by atoms with van der Waals surface area (Å²) >= 11 is 0. The highest BCUT2D eigenvalue weighted by Gasteiger charge is 2.27. The molecule has 0 radical (unpaired) electrons. The van der Waals surface area contributed by atoms with Crippen LogP contribution in [0, 0.1) is 6.92 Å². The standard InChI is InChI=1S/C17H18O7/c1-9-6-13(19)16(17(21)24-9)11(8-15(20)23-3)10-4-5-12(18)14(7-10)22-2/h4-7,11,18-19H,8H2,1-3H3. The van der Waals surface area contributed by atoms with Crippen molar-refractivity contribution < 1.29 is 28.9 Å². The molecule has 2 N–H and O–H groups in total. The van der Waals surface area contributed by atoms with E-state index in [0.717, 1.165) is 0 Å². The van der Waals surface area contributed by atoms with Crippen LogP contribution in [0.2, 0.25) is 0 Å². The van der Waals surface area contributed by atoms with Gasteiger partial charge in [0.15, 0.2) is 11.5 Å². The van der Waals surface area contributed by atoms with Crippen molar-refractivity contribution in [2.45, 2.75) is 19.3 Å². The van der Waals surface area contributed by atoms with Gasteiger partial charge in [0.05, 0.1) is 26.2 Å². The number of carbonyl (C=O) groups is 1. The van der Waals surface area contributed by atoms with Crippen LogP contribution in [-0.4, -0.2) is 30.4 Å². The van der Waals surface area contributed by atoms with Gasteiger partial charge < -0.3 is 24.1 Å².